The van der Waals surface area contributed by atoms with Crippen molar-refractivity contribution in [2.24, 2.45) is 7.05 Å². The lowest BCUT2D eigenvalue weighted by atomic mass is 10.2. The van der Waals surface area contributed by atoms with Crippen LogP contribution in [-0.2, 0) is 7.05 Å². The number of benzene rings is 2. The number of carbonyl (C=O) groups is 1. The van der Waals surface area contributed by atoms with Crippen molar-refractivity contribution in [1.29, 1.82) is 0 Å². The van der Waals surface area contributed by atoms with Crippen LogP contribution >= 0.6 is 0 Å². The molecule has 2 aromatic carbocycles. The molecule has 7 nitrogen and oxygen atoms in total. The lowest BCUT2D eigenvalue weighted by molar-refractivity contribution is 0.262. The topological polar surface area (TPSA) is 83.9 Å². The number of hydrogen-bond acceptors (Lipinski definition) is 4. The van der Waals surface area contributed by atoms with Crippen LogP contribution in [0.1, 0.15) is 0 Å². The number of anilines is 4. The molecule has 0 saturated carbocycles. The molecule has 0 unspecified atom stereocenters. The molecule has 4 rings (SSSR count). The van der Waals surface area contributed by atoms with Crippen molar-refractivity contribution in [2.75, 3.05) is 16.0 Å². The molecule has 27 heavy (non-hydrogen) atoms. The molecular formula is C20H18N6O. The average molecular weight is 358 g/mol. The third-order valence-corrected chi connectivity index (χ3v) is 4.10. The highest BCUT2D eigenvalue weighted by atomic mass is 16.2. The molecule has 0 atom stereocenters. The molecule has 0 bridgehead atoms. The van der Waals surface area contributed by atoms with Gasteiger partial charge in [0.25, 0.3) is 0 Å². The van der Waals surface area contributed by atoms with Gasteiger partial charge in [0.05, 0.1) is 5.52 Å². The summed E-state index contributed by atoms with van der Waals surface area (Å²) < 4.78 is 1.97. The fraction of sp³-hybridized carbons (Fsp3) is 0.0500. The van der Waals surface area contributed by atoms with Crippen LogP contribution < -0.4 is 16.0 Å². The van der Waals surface area contributed by atoms with Crippen molar-refractivity contribution >= 4 is 39.9 Å². The van der Waals surface area contributed by atoms with Crippen LogP contribution in [-0.4, -0.2) is 20.6 Å². The van der Waals surface area contributed by atoms with Crippen molar-refractivity contribution in [3.8, 4) is 0 Å². The van der Waals surface area contributed by atoms with E-state index in [1.165, 1.54) is 6.33 Å². The number of aromatic nitrogens is 3. The molecule has 0 fully saturated rings. The fourth-order valence-electron chi connectivity index (χ4n) is 2.80. The standard InChI is InChI=1S/C20H18N6O/c1-26-12-11-17-18(26)19(22-13-21-17)23-15-7-9-16(10-8-15)25-20(27)24-14-5-3-2-4-6-14/h2-13H,1H3,(H,21,22,23)(H2,24,25,27). The number of para-hydroxylation sites is 1. The molecule has 2 aromatic heterocycles. The van der Waals surface area contributed by atoms with E-state index in [0.29, 0.717) is 5.69 Å². The molecule has 0 radical (unpaired) electrons. The summed E-state index contributed by atoms with van der Waals surface area (Å²) in [5.41, 5.74) is 4.11. The van der Waals surface area contributed by atoms with Gasteiger partial charge in [0.2, 0.25) is 0 Å². The predicted octanol–water partition coefficient (Wildman–Crippen LogP) is 4.36. The summed E-state index contributed by atoms with van der Waals surface area (Å²) in [5, 5.41) is 8.89. The highest BCUT2D eigenvalue weighted by Gasteiger charge is 2.08. The van der Waals surface area contributed by atoms with E-state index in [4.69, 9.17) is 0 Å². The van der Waals surface area contributed by atoms with Gasteiger partial charge in [0.1, 0.15) is 11.8 Å². The normalized spacial score (nSPS) is 10.6. The maximum absolute atomic E-state index is 12.1. The minimum atomic E-state index is -0.289. The van der Waals surface area contributed by atoms with Gasteiger partial charge in [0, 0.05) is 30.3 Å². The van der Waals surface area contributed by atoms with Crippen LogP contribution in [0.3, 0.4) is 0 Å². The summed E-state index contributed by atoms with van der Waals surface area (Å²) in [6, 6.07) is 18.4. The Kier molecular flexibility index (Phi) is 4.40. The van der Waals surface area contributed by atoms with E-state index >= 15 is 0 Å². The first-order valence-corrected chi connectivity index (χ1v) is 8.45. The summed E-state index contributed by atoms with van der Waals surface area (Å²) in [6.07, 6.45) is 3.48. The van der Waals surface area contributed by atoms with E-state index < -0.39 is 0 Å². The number of hydrogen-bond donors (Lipinski definition) is 3. The van der Waals surface area contributed by atoms with Crippen molar-refractivity contribution in [1.82, 2.24) is 14.5 Å². The summed E-state index contributed by atoms with van der Waals surface area (Å²) in [5.74, 6) is 0.732. The van der Waals surface area contributed by atoms with Crippen molar-refractivity contribution < 1.29 is 4.79 Å². The first-order chi connectivity index (χ1) is 13.2. The smallest absolute Gasteiger partial charge is 0.323 e. The lowest BCUT2D eigenvalue weighted by Gasteiger charge is -2.10. The van der Waals surface area contributed by atoms with Gasteiger partial charge in [-0.15, -0.1) is 0 Å². The molecule has 134 valence electrons. The quantitative estimate of drug-likeness (QED) is 0.506. The third-order valence-electron chi connectivity index (χ3n) is 4.10. The van der Waals surface area contributed by atoms with Crippen LogP contribution in [0.5, 0.6) is 0 Å². The Hall–Kier alpha value is -3.87. The van der Waals surface area contributed by atoms with Gasteiger partial charge in [0.15, 0.2) is 5.82 Å². The van der Waals surface area contributed by atoms with Crippen LogP contribution in [0.25, 0.3) is 11.0 Å². The Morgan fingerprint density at radius 1 is 0.852 bits per heavy atom. The van der Waals surface area contributed by atoms with Crippen LogP contribution in [0, 0.1) is 0 Å². The summed E-state index contributed by atoms with van der Waals surface area (Å²) in [4.78, 5) is 20.6. The number of urea groups is 1. The molecule has 7 heteroatoms. The van der Waals surface area contributed by atoms with Gasteiger partial charge >= 0.3 is 6.03 Å². The molecule has 4 aromatic rings. The van der Waals surface area contributed by atoms with E-state index in [9.17, 15) is 4.79 Å². The second-order valence-corrected chi connectivity index (χ2v) is 6.03. The Morgan fingerprint density at radius 2 is 1.52 bits per heavy atom. The van der Waals surface area contributed by atoms with Crippen molar-refractivity contribution in [2.45, 2.75) is 0 Å². The number of nitrogens with one attached hydrogen (secondary N) is 3. The minimum Gasteiger partial charge on any atom is -0.346 e. The number of fused-ring (bicyclic) bond motifs is 1. The molecule has 3 N–H and O–H groups in total. The number of aryl methyl sites for hydroxylation is 1. The Labute approximate surface area is 156 Å². The molecule has 0 aliphatic heterocycles. The van der Waals surface area contributed by atoms with Gasteiger partial charge in [-0.25, -0.2) is 14.8 Å². The first-order valence-electron chi connectivity index (χ1n) is 8.45. The maximum Gasteiger partial charge on any atom is 0.323 e. The Bertz CT molecular complexity index is 1070. The molecule has 0 spiro atoms. The first kappa shape index (κ1) is 16.6. The van der Waals surface area contributed by atoms with Crippen molar-refractivity contribution in [3.05, 3.63) is 73.2 Å². The van der Waals surface area contributed by atoms with Gasteiger partial charge in [-0.3, -0.25) is 0 Å². The molecule has 2 amide bonds. The predicted molar refractivity (Wildman–Crippen MR) is 107 cm³/mol. The van der Waals surface area contributed by atoms with E-state index in [2.05, 4.69) is 25.9 Å². The zero-order chi connectivity index (χ0) is 18.6. The highest BCUT2D eigenvalue weighted by Crippen LogP contribution is 2.24. The molecule has 0 saturated heterocycles. The molecule has 2 heterocycles. The van der Waals surface area contributed by atoms with Gasteiger partial charge in [-0.1, -0.05) is 18.2 Å². The number of rotatable bonds is 4. The Morgan fingerprint density at radius 3 is 2.26 bits per heavy atom. The second-order valence-electron chi connectivity index (χ2n) is 6.03. The van der Waals surface area contributed by atoms with Crippen LogP contribution in [0.2, 0.25) is 0 Å². The SMILES string of the molecule is Cn1ccc2ncnc(Nc3ccc(NC(=O)Nc4ccccc4)cc3)c21. The number of amides is 2. The lowest BCUT2D eigenvalue weighted by Crippen LogP contribution is -2.19. The van der Waals surface area contributed by atoms with Gasteiger partial charge in [-0.05, 0) is 42.5 Å². The van der Waals surface area contributed by atoms with Gasteiger partial charge < -0.3 is 20.5 Å². The zero-order valence-corrected chi connectivity index (χ0v) is 14.7. The summed E-state index contributed by atoms with van der Waals surface area (Å²) in [7, 11) is 1.95. The Balaban J connectivity index is 1.44. The minimum absolute atomic E-state index is 0.289. The number of carbonyl (C=O) groups excluding carboxylic acids is 1. The van der Waals surface area contributed by atoms with Gasteiger partial charge in [-0.2, -0.15) is 0 Å². The summed E-state index contributed by atoms with van der Waals surface area (Å²) in [6.45, 7) is 0. The monoisotopic (exact) mass is 358 g/mol. The molecule has 0 aliphatic rings. The van der Waals surface area contributed by atoms with E-state index in [-0.39, 0.29) is 6.03 Å². The largest absolute Gasteiger partial charge is 0.346 e. The highest BCUT2D eigenvalue weighted by molar-refractivity contribution is 5.99. The van der Waals surface area contributed by atoms with E-state index in [0.717, 1.165) is 28.2 Å². The third kappa shape index (κ3) is 3.72. The van der Waals surface area contributed by atoms with Crippen LogP contribution in [0.4, 0.5) is 27.7 Å². The zero-order valence-electron chi connectivity index (χ0n) is 14.7. The fourth-order valence-corrected chi connectivity index (χ4v) is 2.80. The van der Waals surface area contributed by atoms with E-state index in [1.54, 1.807) is 0 Å². The van der Waals surface area contributed by atoms with E-state index in [1.807, 2.05) is 78.5 Å². The number of nitrogens with zero attached hydrogens (tertiary/aromatic N) is 3. The maximum atomic E-state index is 12.1. The average Bonchev–Trinajstić information content (AvgIpc) is 3.06. The second kappa shape index (κ2) is 7.17. The molecule has 0 aliphatic carbocycles. The van der Waals surface area contributed by atoms with Crippen molar-refractivity contribution in [3.63, 3.8) is 0 Å². The van der Waals surface area contributed by atoms with Crippen LogP contribution in [0.15, 0.2) is 73.2 Å². The molecular weight excluding hydrogens is 340 g/mol. The summed E-state index contributed by atoms with van der Waals surface area (Å²) >= 11 is 0.